The summed E-state index contributed by atoms with van der Waals surface area (Å²) < 4.78 is 5.60. The number of carbonyl (C=O) groups excluding carboxylic acids is 1. The van der Waals surface area contributed by atoms with Gasteiger partial charge in [0.1, 0.15) is 0 Å². The van der Waals surface area contributed by atoms with E-state index in [9.17, 15) is 9.90 Å². The summed E-state index contributed by atoms with van der Waals surface area (Å²) in [5.41, 5.74) is 0. The maximum absolute atomic E-state index is 11.5. The van der Waals surface area contributed by atoms with Gasteiger partial charge in [0.25, 0.3) is 5.91 Å². The summed E-state index contributed by atoms with van der Waals surface area (Å²) in [7, 11) is 0. The molecule has 14 heavy (non-hydrogen) atoms. The maximum Gasteiger partial charge on any atom is 0.287 e. The van der Waals surface area contributed by atoms with Crippen molar-refractivity contribution in [3.8, 4) is 0 Å². The first-order valence-corrected chi connectivity index (χ1v) is 5.20. The number of carbonyl (C=O) groups is 1. The number of aliphatic hydroxyl groups is 1. The Labute approximate surface area is 89.4 Å². The van der Waals surface area contributed by atoms with E-state index in [0.717, 1.165) is 12.8 Å². The molecule has 4 nitrogen and oxygen atoms in total. The molecule has 1 aliphatic carbocycles. The maximum atomic E-state index is 11.5. The summed E-state index contributed by atoms with van der Waals surface area (Å²) in [6.07, 6.45) is 1.18. The van der Waals surface area contributed by atoms with E-state index in [1.807, 2.05) is 0 Å². The molecule has 1 heterocycles. The van der Waals surface area contributed by atoms with E-state index in [-0.39, 0.29) is 17.7 Å². The quantitative estimate of drug-likeness (QED) is 0.842. The van der Waals surface area contributed by atoms with Gasteiger partial charge in [-0.25, -0.2) is 0 Å². The molecule has 76 valence electrons. The first-order chi connectivity index (χ1) is 6.66. The third-order valence-electron chi connectivity index (χ3n) is 2.35. The lowest BCUT2D eigenvalue weighted by atomic mass is 9.89. The van der Waals surface area contributed by atoms with Crippen molar-refractivity contribution in [3.63, 3.8) is 0 Å². The summed E-state index contributed by atoms with van der Waals surface area (Å²) in [4.78, 5) is 11.5. The molecule has 1 saturated carbocycles. The van der Waals surface area contributed by atoms with Gasteiger partial charge < -0.3 is 14.8 Å². The molecule has 1 aliphatic rings. The van der Waals surface area contributed by atoms with Crippen LogP contribution in [0.2, 0.25) is 0 Å². The number of hydrogen-bond donors (Lipinski definition) is 2. The van der Waals surface area contributed by atoms with Gasteiger partial charge in [-0.1, -0.05) is 0 Å². The van der Waals surface area contributed by atoms with Crippen LogP contribution in [0.4, 0.5) is 0 Å². The van der Waals surface area contributed by atoms with E-state index in [0.29, 0.717) is 4.67 Å². The van der Waals surface area contributed by atoms with Crippen LogP contribution in [0.25, 0.3) is 0 Å². The zero-order valence-corrected chi connectivity index (χ0v) is 8.95. The molecule has 1 aromatic heterocycles. The van der Waals surface area contributed by atoms with Crippen LogP contribution < -0.4 is 5.32 Å². The largest absolute Gasteiger partial charge is 0.444 e. The van der Waals surface area contributed by atoms with Crippen LogP contribution in [0.1, 0.15) is 23.4 Å². The summed E-state index contributed by atoms with van der Waals surface area (Å²) >= 11 is 3.11. The number of furan rings is 1. The van der Waals surface area contributed by atoms with Crippen molar-refractivity contribution in [1.82, 2.24) is 5.32 Å². The van der Waals surface area contributed by atoms with Gasteiger partial charge in [-0.05, 0) is 40.9 Å². The Morgan fingerprint density at radius 2 is 2.36 bits per heavy atom. The van der Waals surface area contributed by atoms with E-state index in [2.05, 4.69) is 21.2 Å². The lowest BCUT2D eigenvalue weighted by Gasteiger charge is -2.32. The predicted octanol–water partition coefficient (Wildman–Crippen LogP) is 1.30. The lowest BCUT2D eigenvalue weighted by Crippen LogP contribution is -2.50. The summed E-state index contributed by atoms with van der Waals surface area (Å²) in [6, 6.07) is 3.13. The van der Waals surface area contributed by atoms with Crippen LogP contribution in [-0.4, -0.2) is 23.2 Å². The van der Waals surface area contributed by atoms with Crippen molar-refractivity contribution in [3.05, 3.63) is 22.6 Å². The Morgan fingerprint density at radius 3 is 2.79 bits per heavy atom. The fourth-order valence-corrected chi connectivity index (χ4v) is 1.63. The van der Waals surface area contributed by atoms with Crippen LogP contribution in [-0.2, 0) is 0 Å². The Kier molecular flexibility index (Phi) is 2.60. The molecule has 1 fully saturated rings. The second-order valence-corrected chi connectivity index (χ2v) is 4.11. The molecular formula is C9H10BrNO3. The van der Waals surface area contributed by atoms with Gasteiger partial charge in [-0.3, -0.25) is 4.79 Å². The molecule has 0 aromatic carbocycles. The van der Waals surface area contributed by atoms with Gasteiger partial charge >= 0.3 is 0 Å². The first kappa shape index (κ1) is 9.73. The number of nitrogens with one attached hydrogen (secondary N) is 1. The van der Waals surface area contributed by atoms with E-state index < -0.39 is 6.10 Å². The zero-order chi connectivity index (χ0) is 10.1. The summed E-state index contributed by atoms with van der Waals surface area (Å²) in [5.74, 6) is -0.0181. The molecule has 2 atom stereocenters. The standard InChI is InChI=1S/C9H10BrNO3/c10-8-4-3-7(14-8)9(13)11-5-1-2-6(5)12/h3-6,12H,1-2H2,(H,11,13). The number of amides is 1. The third kappa shape index (κ3) is 1.83. The highest BCUT2D eigenvalue weighted by Crippen LogP contribution is 2.20. The minimum Gasteiger partial charge on any atom is -0.444 e. The normalized spacial score (nSPS) is 25.6. The smallest absolute Gasteiger partial charge is 0.287 e. The highest BCUT2D eigenvalue weighted by Gasteiger charge is 2.30. The second-order valence-electron chi connectivity index (χ2n) is 3.33. The Bertz CT molecular complexity index is 350. The first-order valence-electron chi connectivity index (χ1n) is 4.41. The van der Waals surface area contributed by atoms with Crippen LogP contribution in [0.3, 0.4) is 0 Å². The molecule has 1 aromatic rings. The Morgan fingerprint density at radius 1 is 1.57 bits per heavy atom. The minimum absolute atomic E-state index is 0.119. The molecule has 1 amide bonds. The molecule has 0 spiro atoms. The average molecular weight is 260 g/mol. The summed E-state index contributed by atoms with van der Waals surface area (Å²) in [6.45, 7) is 0. The molecule has 2 unspecified atom stereocenters. The van der Waals surface area contributed by atoms with Gasteiger partial charge in [0.15, 0.2) is 10.4 Å². The SMILES string of the molecule is O=C(NC1CCC1O)c1ccc(Br)o1. The Hall–Kier alpha value is -0.810. The van der Waals surface area contributed by atoms with E-state index in [4.69, 9.17) is 4.42 Å². The van der Waals surface area contributed by atoms with Gasteiger partial charge in [0.05, 0.1) is 12.1 Å². The Balaban J connectivity index is 1.95. The van der Waals surface area contributed by atoms with Crippen molar-refractivity contribution in [2.75, 3.05) is 0 Å². The predicted molar refractivity (Wildman–Crippen MR) is 52.9 cm³/mol. The monoisotopic (exact) mass is 259 g/mol. The number of aliphatic hydroxyl groups excluding tert-OH is 1. The van der Waals surface area contributed by atoms with Crippen LogP contribution >= 0.6 is 15.9 Å². The van der Waals surface area contributed by atoms with Gasteiger partial charge in [0.2, 0.25) is 0 Å². The van der Waals surface area contributed by atoms with Crippen LogP contribution in [0.5, 0.6) is 0 Å². The minimum atomic E-state index is -0.405. The van der Waals surface area contributed by atoms with Gasteiger partial charge in [-0.15, -0.1) is 0 Å². The zero-order valence-electron chi connectivity index (χ0n) is 7.37. The number of hydrogen-bond acceptors (Lipinski definition) is 3. The van der Waals surface area contributed by atoms with Crippen molar-refractivity contribution in [2.24, 2.45) is 0 Å². The van der Waals surface area contributed by atoms with Crippen molar-refractivity contribution in [2.45, 2.75) is 25.0 Å². The summed E-state index contributed by atoms with van der Waals surface area (Å²) in [5, 5.41) is 11.9. The molecular weight excluding hydrogens is 250 g/mol. The molecule has 2 rings (SSSR count). The molecule has 0 bridgehead atoms. The average Bonchev–Trinajstić information content (AvgIpc) is 2.58. The molecule has 5 heteroatoms. The van der Waals surface area contributed by atoms with E-state index in [1.54, 1.807) is 12.1 Å². The second kappa shape index (κ2) is 3.74. The highest BCUT2D eigenvalue weighted by molar-refractivity contribution is 9.10. The molecule has 0 aliphatic heterocycles. The van der Waals surface area contributed by atoms with Gasteiger partial charge in [0, 0.05) is 0 Å². The van der Waals surface area contributed by atoms with E-state index >= 15 is 0 Å². The van der Waals surface area contributed by atoms with E-state index in [1.165, 1.54) is 0 Å². The fourth-order valence-electron chi connectivity index (χ4n) is 1.33. The van der Waals surface area contributed by atoms with Crippen molar-refractivity contribution in [1.29, 1.82) is 0 Å². The molecule has 0 radical (unpaired) electrons. The van der Waals surface area contributed by atoms with Gasteiger partial charge in [-0.2, -0.15) is 0 Å². The van der Waals surface area contributed by atoms with Crippen molar-refractivity contribution >= 4 is 21.8 Å². The highest BCUT2D eigenvalue weighted by atomic mass is 79.9. The lowest BCUT2D eigenvalue weighted by molar-refractivity contribution is 0.0436. The topological polar surface area (TPSA) is 62.5 Å². The number of halogens is 1. The third-order valence-corrected chi connectivity index (χ3v) is 2.78. The van der Waals surface area contributed by atoms with Crippen molar-refractivity contribution < 1.29 is 14.3 Å². The van der Waals surface area contributed by atoms with Crippen LogP contribution in [0.15, 0.2) is 21.2 Å². The fraction of sp³-hybridized carbons (Fsp3) is 0.444. The number of rotatable bonds is 2. The molecule has 0 saturated heterocycles. The molecule has 2 N–H and O–H groups in total. The van der Waals surface area contributed by atoms with Crippen LogP contribution in [0, 0.1) is 0 Å².